The largest absolute Gasteiger partial charge is 0.324 e. The Morgan fingerprint density at radius 2 is 1.60 bits per heavy atom. The van der Waals surface area contributed by atoms with E-state index < -0.39 is 0 Å². The van der Waals surface area contributed by atoms with Gasteiger partial charge in [0.15, 0.2) is 0 Å². The van der Waals surface area contributed by atoms with Crippen LogP contribution in [-0.2, 0) is 6.42 Å². The van der Waals surface area contributed by atoms with Crippen molar-refractivity contribution in [2.45, 2.75) is 12.5 Å². The van der Waals surface area contributed by atoms with Gasteiger partial charge in [0, 0.05) is 12.2 Å². The Morgan fingerprint density at radius 1 is 0.950 bits per heavy atom. The molecule has 1 heterocycles. The van der Waals surface area contributed by atoms with Crippen LogP contribution in [0.15, 0.2) is 73.1 Å². The summed E-state index contributed by atoms with van der Waals surface area (Å²) in [5.74, 6) is 0. The quantitative estimate of drug-likeness (QED) is 0.786. The molecule has 0 bridgehead atoms. The van der Waals surface area contributed by atoms with Gasteiger partial charge in [-0.25, -0.2) is 4.68 Å². The second kappa shape index (κ2) is 5.72. The van der Waals surface area contributed by atoms with E-state index >= 15 is 0 Å². The van der Waals surface area contributed by atoms with Crippen molar-refractivity contribution in [1.29, 1.82) is 0 Å². The van der Waals surface area contributed by atoms with Gasteiger partial charge in [-0.2, -0.15) is 5.10 Å². The van der Waals surface area contributed by atoms with Gasteiger partial charge in [0.25, 0.3) is 0 Å². The van der Waals surface area contributed by atoms with Gasteiger partial charge in [0.1, 0.15) is 0 Å². The molecule has 20 heavy (non-hydrogen) atoms. The van der Waals surface area contributed by atoms with E-state index in [9.17, 15) is 0 Å². The predicted octanol–water partition coefficient (Wildman–Crippen LogP) is 3.11. The molecule has 0 aliphatic heterocycles. The van der Waals surface area contributed by atoms with E-state index in [0.29, 0.717) is 0 Å². The summed E-state index contributed by atoms with van der Waals surface area (Å²) in [5, 5.41) is 4.39. The normalized spacial score (nSPS) is 12.2. The summed E-state index contributed by atoms with van der Waals surface area (Å²) >= 11 is 0. The van der Waals surface area contributed by atoms with Crippen LogP contribution in [0, 0.1) is 0 Å². The van der Waals surface area contributed by atoms with Crippen molar-refractivity contribution in [3.63, 3.8) is 0 Å². The van der Waals surface area contributed by atoms with Gasteiger partial charge in [-0.1, -0.05) is 48.5 Å². The highest BCUT2D eigenvalue weighted by atomic mass is 15.3. The third-order valence-electron chi connectivity index (χ3n) is 3.34. The molecule has 3 nitrogen and oxygen atoms in total. The maximum absolute atomic E-state index is 6.24. The predicted molar refractivity (Wildman–Crippen MR) is 80.6 cm³/mol. The molecule has 0 amide bonds. The molecule has 3 rings (SSSR count). The molecule has 1 unspecified atom stereocenters. The average Bonchev–Trinajstić information content (AvgIpc) is 2.97. The Bertz CT molecular complexity index is 659. The molecule has 2 N–H and O–H groups in total. The number of para-hydroxylation sites is 1. The van der Waals surface area contributed by atoms with E-state index in [2.05, 4.69) is 17.2 Å². The summed E-state index contributed by atoms with van der Waals surface area (Å²) in [5.41, 5.74) is 9.60. The zero-order chi connectivity index (χ0) is 13.8. The molecule has 0 fully saturated rings. The Labute approximate surface area is 118 Å². The maximum Gasteiger partial charge on any atom is 0.0645 e. The minimum absolute atomic E-state index is 0.00428. The average molecular weight is 263 g/mol. The first-order chi connectivity index (χ1) is 9.83. The number of aromatic nitrogens is 2. The van der Waals surface area contributed by atoms with Crippen LogP contribution < -0.4 is 5.73 Å². The summed E-state index contributed by atoms with van der Waals surface area (Å²) in [6.45, 7) is 0. The summed E-state index contributed by atoms with van der Waals surface area (Å²) < 4.78 is 1.88. The molecular formula is C17H17N3. The minimum atomic E-state index is 0.00428. The van der Waals surface area contributed by atoms with Crippen LogP contribution in [0.2, 0.25) is 0 Å². The standard InChI is InChI=1S/C17H17N3/c18-17(15-7-3-1-4-8-15)11-14-12-19-20(13-14)16-9-5-2-6-10-16/h1-10,12-13,17H,11,18H2. The number of hydrogen-bond donors (Lipinski definition) is 1. The topological polar surface area (TPSA) is 43.8 Å². The molecule has 2 aromatic carbocycles. The molecular weight excluding hydrogens is 246 g/mol. The van der Waals surface area contributed by atoms with Crippen LogP contribution in [0.4, 0.5) is 0 Å². The van der Waals surface area contributed by atoms with E-state index in [1.807, 2.05) is 65.6 Å². The smallest absolute Gasteiger partial charge is 0.0645 e. The van der Waals surface area contributed by atoms with E-state index in [1.165, 1.54) is 0 Å². The summed E-state index contributed by atoms with van der Waals surface area (Å²) in [7, 11) is 0. The van der Waals surface area contributed by atoms with E-state index in [0.717, 1.165) is 23.2 Å². The highest BCUT2D eigenvalue weighted by molar-refractivity contribution is 5.31. The van der Waals surface area contributed by atoms with Crippen LogP contribution in [-0.4, -0.2) is 9.78 Å². The van der Waals surface area contributed by atoms with Crippen molar-refractivity contribution in [1.82, 2.24) is 9.78 Å². The molecule has 0 saturated carbocycles. The third-order valence-corrected chi connectivity index (χ3v) is 3.34. The molecule has 3 aromatic rings. The number of benzene rings is 2. The Kier molecular flexibility index (Phi) is 3.61. The van der Waals surface area contributed by atoms with Gasteiger partial charge in [-0.05, 0) is 29.7 Å². The summed E-state index contributed by atoms with van der Waals surface area (Å²) in [4.78, 5) is 0. The molecule has 3 heteroatoms. The first-order valence-corrected chi connectivity index (χ1v) is 6.72. The number of hydrogen-bond acceptors (Lipinski definition) is 2. The number of nitrogens with zero attached hydrogens (tertiary/aromatic N) is 2. The van der Waals surface area contributed by atoms with Crippen molar-refractivity contribution >= 4 is 0 Å². The zero-order valence-electron chi connectivity index (χ0n) is 11.2. The third kappa shape index (κ3) is 2.78. The zero-order valence-corrected chi connectivity index (χ0v) is 11.2. The lowest BCUT2D eigenvalue weighted by Crippen LogP contribution is -2.12. The van der Waals surface area contributed by atoms with Crippen LogP contribution >= 0.6 is 0 Å². The van der Waals surface area contributed by atoms with E-state index in [4.69, 9.17) is 5.73 Å². The highest BCUT2D eigenvalue weighted by Crippen LogP contribution is 2.16. The molecule has 0 aliphatic rings. The van der Waals surface area contributed by atoms with Crippen molar-refractivity contribution in [2.75, 3.05) is 0 Å². The summed E-state index contributed by atoms with van der Waals surface area (Å²) in [6.07, 6.45) is 4.71. The lowest BCUT2D eigenvalue weighted by Gasteiger charge is -2.10. The van der Waals surface area contributed by atoms with Crippen molar-refractivity contribution < 1.29 is 0 Å². The highest BCUT2D eigenvalue weighted by Gasteiger charge is 2.08. The van der Waals surface area contributed by atoms with Gasteiger partial charge >= 0.3 is 0 Å². The number of rotatable bonds is 4. The van der Waals surface area contributed by atoms with Crippen LogP contribution in [0.1, 0.15) is 17.2 Å². The fourth-order valence-corrected chi connectivity index (χ4v) is 2.26. The van der Waals surface area contributed by atoms with Crippen LogP contribution in [0.25, 0.3) is 5.69 Å². The van der Waals surface area contributed by atoms with Crippen molar-refractivity contribution in [3.05, 3.63) is 84.2 Å². The Balaban J connectivity index is 1.75. The fraction of sp³-hybridized carbons (Fsp3) is 0.118. The minimum Gasteiger partial charge on any atom is -0.324 e. The molecule has 0 radical (unpaired) electrons. The van der Waals surface area contributed by atoms with Gasteiger partial charge in [0.05, 0.1) is 11.9 Å². The Morgan fingerprint density at radius 3 is 2.30 bits per heavy atom. The van der Waals surface area contributed by atoms with Gasteiger partial charge in [-0.15, -0.1) is 0 Å². The molecule has 0 spiro atoms. The van der Waals surface area contributed by atoms with E-state index in [-0.39, 0.29) is 6.04 Å². The molecule has 1 aromatic heterocycles. The van der Waals surface area contributed by atoms with Crippen molar-refractivity contribution in [2.24, 2.45) is 5.73 Å². The molecule has 1 atom stereocenters. The second-order valence-electron chi connectivity index (χ2n) is 4.85. The molecule has 100 valence electrons. The van der Waals surface area contributed by atoms with Crippen LogP contribution in [0.5, 0.6) is 0 Å². The maximum atomic E-state index is 6.24. The van der Waals surface area contributed by atoms with Crippen LogP contribution in [0.3, 0.4) is 0 Å². The SMILES string of the molecule is NC(Cc1cnn(-c2ccccc2)c1)c1ccccc1. The monoisotopic (exact) mass is 263 g/mol. The second-order valence-corrected chi connectivity index (χ2v) is 4.85. The van der Waals surface area contributed by atoms with Crippen molar-refractivity contribution in [3.8, 4) is 5.69 Å². The molecule has 0 saturated heterocycles. The van der Waals surface area contributed by atoms with Gasteiger partial charge in [-0.3, -0.25) is 0 Å². The van der Waals surface area contributed by atoms with Gasteiger partial charge < -0.3 is 5.73 Å². The first kappa shape index (κ1) is 12.6. The number of nitrogens with two attached hydrogens (primary N) is 1. The molecule has 0 aliphatic carbocycles. The lowest BCUT2D eigenvalue weighted by atomic mass is 10.0. The van der Waals surface area contributed by atoms with E-state index in [1.54, 1.807) is 0 Å². The fourth-order valence-electron chi connectivity index (χ4n) is 2.26. The lowest BCUT2D eigenvalue weighted by molar-refractivity contribution is 0.721. The summed E-state index contributed by atoms with van der Waals surface area (Å²) in [6, 6.07) is 20.2. The van der Waals surface area contributed by atoms with Gasteiger partial charge in [0.2, 0.25) is 0 Å². The Hall–Kier alpha value is -2.39. The first-order valence-electron chi connectivity index (χ1n) is 6.72.